The van der Waals surface area contributed by atoms with Crippen LogP contribution < -0.4 is 20.1 Å². The summed E-state index contributed by atoms with van der Waals surface area (Å²) in [5.41, 5.74) is 2.19. The van der Waals surface area contributed by atoms with E-state index in [1.54, 1.807) is 38.3 Å². The maximum atomic E-state index is 12.9. The number of nitrogens with one attached hydrogen (secondary N) is 2. The summed E-state index contributed by atoms with van der Waals surface area (Å²) in [6.45, 7) is 4.73. The van der Waals surface area contributed by atoms with Gasteiger partial charge in [0.1, 0.15) is 11.5 Å². The predicted octanol–water partition coefficient (Wildman–Crippen LogP) is 4.20. The lowest BCUT2D eigenvalue weighted by atomic mass is 9.92. The van der Waals surface area contributed by atoms with Gasteiger partial charge in [-0.1, -0.05) is 25.5 Å². The predicted molar refractivity (Wildman–Crippen MR) is 118 cm³/mol. The molecule has 1 atom stereocenters. The summed E-state index contributed by atoms with van der Waals surface area (Å²) in [5, 5.41) is 5.61. The van der Waals surface area contributed by atoms with E-state index in [-0.39, 0.29) is 6.61 Å². The number of carbonyl (C=O) groups excluding carboxylic acids is 2. The third kappa shape index (κ3) is 5.36. The number of hydrogen-bond donors (Lipinski definition) is 2. The summed E-state index contributed by atoms with van der Waals surface area (Å²) in [4.78, 5) is 25.4. The second-order valence-corrected chi connectivity index (χ2v) is 7.04. The van der Waals surface area contributed by atoms with Gasteiger partial charge < -0.3 is 24.8 Å². The van der Waals surface area contributed by atoms with Crippen molar-refractivity contribution in [1.82, 2.24) is 10.6 Å². The number of ether oxygens (including phenoxy) is 3. The number of rotatable bonds is 9. The minimum absolute atomic E-state index is 0.225. The summed E-state index contributed by atoms with van der Waals surface area (Å²) >= 11 is 0. The standard InChI is InChI=1S/C24H28N2O5/c1-4-6-15-31-19-13-9-17(10-14-19)22-20(23(27)30-5-2)21(25-24(28)26-22)16-7-11-18(29-3)12-8-16/h7-14,22H,4-6,15H2,1-3H3,(H2,25,26,28). The average Bonchev–Trinajstić information content (AvgIpc) is 2.79. The van der Waals surface area contributed by atoms with Crippen molar-refractivity contribution < 1.29 is 23.8 Å². The van der Waals surface area contributed by atoms with Crippen LogP contribution in [0.3, 0.4) is 0 Å². The van der Waals surface area contributed by atoms with Crippen molar-refractivity contribution in [1.29, 1.82) is 0 Å². The van der Waals surface area contributed by atoms with E-state index in [0.717, 1.165) is 24.2 Å². The Kier molecular flexibility index (Phi) is 7.54. The molecule has 1 unspecified atom stereocenters. The number of methoxy groups -OCH3 is 1. The van der Waals surface area contributed by atoms with Crippen molar-refractivity contribution in [3.05, 3.63) is 65.2 Å². The van der Waals surface area contributed by atoms with Gasteiger partial charge in [0, 0.05) is 0 Å². The smallest absolute Gasteiger partial charge is 0.338 e. The maximum absolute atomic E-state index is 12.9. The van der Waals surface area contributed by atoms with Crippen LogP contribution in [0.4, 0.5) is 4.79 Å². The molecule has 0 spiro atoms. The quantitative estimate of drug-likeness (QED) is 0.465. The minimum atomic E-state index is -0.658. The molecule has 7 heteroatoms. The lowest BCUT2D eigenvalue weighted by Gasteiger charge is -2.29. The van der Waals surface area contributed by atoms with Crippen molar-refractivity contribution in [3.8, 4) is 11.5 Å². The maximum Gasteiger partial charge on any atom is 0.338 e. The summed E-state index contributed by atoms with van der Waals surface area (Å²) in [5.74, 6) is 0.932. The molecular formula is C24H28N2O5. The van der Waals surface area contributed by atoms with E-state index >= 15 is 0 Å². The van der Waals surface area contributed by atoms with Gasteiger partial charge in [-0.15, -0.1) is 0 Å². The molecule has 0 fully saturated rings. The summed E-state index contributed by atoms with van der Waals surface area (Å²) in [6.07, 6.45) is 2.04. The summed E-state index contributed by atoms with van der Waals surface area (Å²) < 4.78 is 16.2. The molecule has 31 heavy (non-hydrogen) atoms. The van der Waals surface area contributed by atoms with Gasteiger partial charge in [0.15, 0.2) is 0 Å². The van der Waals surface area contributed by atoms with E-state index < -0.39 is 18.0 Å². The number of amides is 2. The Morgan fingerprint density at radius 2 is 1.68 bits per heavy atom. The molecule has 0 bridgehead atoms. The van der Waals surface area contributed by atoms with Gasteiger partial charge >= 0.3 is 12.0 Å². The monoisotopic (exact) mass is 424 g/mol. The Hall–Kier alpha value is -3.48. The molecule has 164 valence electrons. The SMILES string of the molecule is CCCCOc1ccc(C2NC(=O)NC(c3ccc(OC)cc3)=C2C(=O)OCC)cc1. The Balaban J connectivity index is 2.00. The molecule has 1 heterocycles. The third-order valence-electron chi connectivity index (χ3n) is 4.93. The molecule has 3 rings (SSSR count). The van der Waals surface area contributed by atoms with Crippen LogP contribution in [0.25, 0.3) is 5.70 Å². The number of hydrogen-bond acceptors (Lipinski definition) is 5. The topological polar surface area (TPSA) is 85.9 Å². The number of urea groups is 1. The van der Waals surface area contributed by atoms with Gasteiger partial charge in [-0.3, -0.25) is 0 Å². The van der Waals surface area contributed by atoms with Gasteiger partial charge in [-0.2, -0.15) is 0 Å². The van der Waals surface area contributed by atoms with Crippen molar-refractivity contribution in [3.63, 3.8) is 0 Å². The van der Waals surface area contributed by atoms with Crippen LogP contribution in [-0.2, 0) is 9.53 Å². The first-order valence-corrected chi connectivity index (χ1v) is 10.4. The first-order valence-electron chi connectivity index (χ1n) is 10.4. The zero-order valence-electron chi connectivity index (χ0n) is 18.1. The van der Waals surface area contributed by atoms with E-state index in [1.807, 2.05) is 24.3 Å². The van der Waals surface area contributed by atoms with E-state index in [0.29, 0.717) is 29.2 Å². The van der Waals surface area contributed by atoms with E-state index in [9.17, 15) is 9.59 Å². The molecule has 0 aliphatic carbocycles. The molecule has 0 aromatic heterocycles. The lowest BCUT2D eigenvalue weighted by molar-refractivity contribution is -0.138. The molecule has 0 saturated carbocycles. The molecule has 7 nitrogen and oxygen atoms in total. The number of benzene rings is 2. The van der Waals surface area contributed by atoms with Gasteiger partial charge in [0.05, 0.1) is 37.6 Å². The molecule has 2 aromatic rings. The van der Waals surface area contributed by atoms with Crippen LogP contribution in [0.15, 0.2) is 54.1 Å². The zero-order chi connectivity index (χ0) is 22.2. The lowest BCUT2D eigenvalue weighted by Crippen LogP contribution is -2.45. The fourth-order valence-corrected chi connectivity index (χ4v) is 3.32. The molecule has 1 aliphatic heterocycles. The van der Waals surface area contributed by atoms with Crippen LogP contribution in [0, 0.1) is 0 Å². The third-order valence-corrected chi connectivity index (χ3v) is 4.93. The average molecular weight is 424 g/mol. The Morgan fingerprint density at radius 3 is 2.29 bits per heavy atom. The zero-order valence-corrected chi connectivity index (χ0v) is 18.1. The fourth-order valence-electron chi connectivity index (χ4n) is 3.32. The van der Waals surface area contributed by atoms with E-state index in [1.165, 1.54) is 0 Å². The highest BCUT2D eigenvalue weighted by molar-refractivity contribution is 6.04. The molecule has 2 amide bonds. The summed E-state index contributed by atoms with van der Waals surface area (Å²) in [6, 6.07) is 13.5. The highest BCUT2D eigenvalue weighted by Crippen LogP contribution is 2.33. The highest BCUT2D eigenvalue weighted by atomic mass is 16.5. The van der Waals surface area contributed by atoms with Crippen molar-refractivity contribution in [2.45, 2.75) is 32.7 Å². The number of unbranched alkanes of at least 4 members (excludes halogenated alkanes) is 1. The Labute approximate surface area is 182 Å². The number of carbonyl (C=O) groups is 2. The van der Waals surface area contributed by atoms with Crippen molar-refractivity contribution in [2.75, 3.05) is 20.3 Å². The Morgan fingerprint density at radius 1 is 1.00 bits per heavy atom. The van der Waals surface area contributed by atoms with Gasteiger partial charge in [-0.05, 0) is 60.9 Å². The van der Waals surface area contributed by atoms with Crippen LogP contribution in [-0.4, -0.2) is 32.3 Å². The largest absolute Gasteiger partial charge is 0.497 e. The van der Waals surface area contributed by atoms with E-state index in [4.69, 9.17) is 14.2 Å². The molecule has 2 aromatic carbocycles. The second-order valence-electron chi connectivity index (χ2n) is 7.04. The highest BCUT2D eigenvalue weighted by Gasteiger charge is 2.34. The molecule has 0 saturated heterocycles. The van der Waals surface area contributed by atoms with Crippen LogP contribution in [0.2, 0.25) is 0 Å². The second kappa shape index (κ2) is 10.5. The van der Waals surface area contributed by atoms with Crippen LogP contribution in [0.1, 0.15) is 43.9 Å². The van der Waals surface area contributed by atoms with Crippen LogP contribution >= 0.6 is 0 Å². The van der Waals surface area contributed by atoms with E-state index in [2.05, 4.69) is 17.6 Å². The molecule has 1 aliphatic rings. The van der Waals surface area contributed by atoms with Gasteiger partial charge in [0.25, 0.3) is 0 Å². The summed E-state index contributed by atoms with van der Waals surface area (Å²) in [7, 11) is 1.58. The van der Waals surface area contributed by atoms with Crippen LogP contribution in [0.5, 0.6) is 11.5 Å². The number of esters is 1. The van der Waals surface area contributed by atoms with Crippen molar-refractivity contribution >= 4 is 17.7 Å². The molecular weight excluding hydrogens is 396 g/mol. The van der Waals surface area contributed by atoms with Gasteiger partial charge in [-0.25, -0.2) is 9.59 Å². The first-order chi connectivity index (χ1) is 15.1. The van der Waals surface area contributed by atoms with Crippen molar-refractivity contribution in [2.24, 2.45) is 0 Å². The fraction of sp³-hybridized carbons (Fsp3) is 0.333. The Bertz CT molecular complexity index is 935. The normalized spacial score (nSPS) is 15.7. The molecule has 2 N–H and O–H groups in total. The molecule has 0 radical (unpaired) electrons. The minimum Gasteiger partial charge on any atom is -0.497 e. The van der Waals surface area contributed by atoms with Gasteiger partial charge in [0.2, 0.25) is 0 Å². The first kappa shape index (κ1) is 22.2.